The normalized spacial score (nSPS) is 12.9. The number of hydrogen-bond acceptors (Lipinski definition) is 3. The lowest BCUT2D eigenvalue weighted by Gasteiger charge is -2.03. The monoisotopic (exact) mass is 335 g/mol. The van der Waals surface area contributed by atoms with Gasteiger partial charge in [-0.25, -0.2) is 9.37 Å². The molecule has 0 N–H and O–H groups in total. The summed E-state index contributed by atoms with van der Waals surface area (Å²) in [5.74, 6) is 2.06. The summed E-state index contributed by atoms with van der Waals surface area (Å²) in [6, 6.07) is 12.3. The van der Waals surface area contributed by atoms with Crippen LogP contribution in [0.4, 0.5) is 4.39 Å². The largest absolute Gasteiger partial charge is 0.454 e. The van der Waals surface area contributed by atoms with Gasteiger partial charge < -0.3 is 14.0 Å². The molecule has 0 spiro atoms. The average Bonchev–Trinajstić information content (AvgIpc) is 3.31. The molecule has 5 rings (SSSR count). The number of imidazole rings is 2. The van der Waals surface area contributed by atoms with Crippen molar-refractivity contribution in [2.45, 2.75) is 0 Å². The second kappa shape index (κ2) is 5.11. The van der Waals surface area contributed by atoms with Crippen LogP contribution in [0.1, 0.15) is 0 Å². The van der Waals surface area contributed by atoms with Crippen molar-refractivity contribution in [1.29, 1.82) is 0 Å². The highest BCUT2D eigenvalue weighted by Crippen LogP contribution is 2.36. The van der Waals surface area contributed by atoms with E-state index in [2.05, 4.69) is 0 Å². The van der Waals surface area contributed by atoms with Crippen molar-refractivity contribution in [2.75, 3.05) is 6.79 Å². The fourth-order valence-electron chi connectivity index (χ4n) is 3.14. The lowest BCUT2D eigenvalue weighted by atomic mass is 10.1. The van der Waals surface area contributed by atoms with Crippen LogP contribution in [0.3, 0.4) is 0 Å². The number of ether oxygens (including phenoxy) is 2. The van der Waals surface area contributed by atoms with Gasteiger partial charge in [-0.2, -0.15) is 0 Å². The summed E-state index contributed by atoms with van der Waals surface area (Å²) in [5, 5.41) is 0. The van der Waals surface area contributed by atoms with E-state index in [-0.39, 0.29) is 12.6 Å². The molecule has 0 atom stereocenters. The molecule has 0 unspecified atom stereocenters. The second-order valence-corrected chi connectivity index (χ2v) is 5.98. The molecule has 0 radical (unpaired) electrons. The van der Waals surface area contributed by atoms with Gasteiger partial charge in [-0.15, -0.1) is 0 Å². The summed E-state index contributed by atoms with van der Waals surface area (Å²) in [6.45, 7) is 0.255. The van der Waals surface area contributed by atoms with E-state index in [4.69, 9.17) is 14.5 Å². The van der Waals surface area contributed by atoms with Crippen molar-refractivity contribution in [3.8, 4) is 34.0 Å². The molecule has 0 saturated heterocycles. The Morgan fingerprint density at radius 2 is 1.72 bits per heavy atom. The van der Waals surface area contributed by atoms with Crippen molar-refractivity contribution in [2.24, 2.45) is 7.05 Å². The smallest absolute Gasteiger partial charge is 0.231 e. The minimum atomic E-state index is -0.243. The number of benzene rings is 2. The molecule has 5 nitrogen and oxygen atoms in total. The maximum Gasteiger partial charge on any atom is 0.231 e. The zero-order chi connectivity index (χ0) is 17.0. The highest BCUT2D eigenvalue weighted by atomic mass is 19.1. The Balaban J connectivity index is 1.58. The van der Waals surface area contributed by atoms with Crippen molar-refractivity contribution in [3.63, 3.8) is 0 Å². The first-order chi connectivity index (χ1) is 12.2. The Morgan fingerprint density at radius 1 is 0.960 bits per heavy atom. The molecule has 0 fully saturated rings. The van der Waals surface area contributed by atoms with E-state index in [1.807, 2.05) is 46.6 Å². The van der Waals surface area contributed by atoms with E-state index in [9.17, 15) is 4.39 Å². The molecule has 4 aromatic rings. The zero-order valence-corrected chi connectivity index (χ0v) is 13.4. The van der Waals surface area contributed by atoms with Gasteiger partial charge in [0.05, 0.1) is 11.4 Å². The first-order valence-electron chi connectivity index (χ1n) is 7.89. The van der Waals surface area contributed by atoms with Gasteiger partial charge in [-0.05, 0) is 48.0 Å². The Morgan fingerprint density at radius 3 is 2.52 bits per heavy atom. The fraction of sp³-hybridized carbons (Fsp3) is 0.105. The minimum absolute atomic E-state index is 0.243. The van der Waals surface area contributed by atoms with Gasteiger partial charge in [-0.3, -0.25) is 4.40 Å². The fourth-order valence-corrected chi connectivity index (χ4v) is 3.14. The highest BCUT2D eigenvalue weighted by molar-refractivity contribution is 5.69. The van der Waals surface area contributed by atoms with E-state index in [0.717, 1.165) is 39.8 Å². The number of halogens is 1. The SMILES string of the molecule is Cn1c(-c2ccc(F)cc2)cn2cc(-c3ccc4c(c3)OCO4)nc12. The molecule has 2 aromatic heterocycles. The van der Waals surface area contributed by atoms with Crippen molar-refractivity contribution >= 4 is 5.78 Å². The van der Waals surface area contributed by atoms with Crippen molar-refractivity contribution < 1.29 is 13.9 Å². The Labute approximate surface area is 142 Å². The molecule has 2 aromatic carbocycles. The quantitative estimate of drug-likeness (QED) is 0.558. The maximum absolute atomic E-state index is 13.1. The predicted molar refractivity (Wildman–Crippen MR) is 91.1 cm³/mol. The summed E-state index contributed by atoms with van der Waals surface area (Å²) in [5.41, 5.74) is 3.74. The van der Waals surface area contributed by atoms with E-state index in [1.165, 1.54) is 12.1 Å². The third-order valence-corrected chi connectivity index (χ3v) is 4.44. The summed E-state index contributed by atoms with van der Waals surface area (Å²) < 4.78 is 27.9. The topological polar surface area (TPSA) is 40.7 Å². The number of hydrogen-bond donors (Lipinski definition) is 0. The third-order valence-electron chi connectivity index (χ3n) is 4.44. The van der Waals surface area contributed by atoms with Gasteiger partial charge in [0.2, 0.25) is 12.6 Å². The number of fused-ring (bicyclic) bond motifs is 2. The van der Waals surface area contributed by atoms with Gasteiger partial charge in [0, 0.05) is 25.0 Å². The van der Waals surface area contributed by atoms with Gasteiger partial charge in [0.1, 0.15) is 5.82 Å². The van der Waals surface area contributed by atoms with Gasteiger partial charge in [0.15, 0.2) is 11.5 Å². The van der Waals surface area contributed by atoms with Gasteiger partial charge >= 0.3 is 0 Å². The summed E-state index contributed by atoms with van der Waals surface area (Å²) >= 11 is 0. The average molecular weight is 335 g/mol. The molecular weight excluding hydrogens is 321 g/mol. The Kier molecular flexibility index (Phi) is 2.88. The minimum Gasteiger partial charge on any atom is -0.454 e. The van der Waals surface area contributed by atoms with E-state index in [1.54, 1.807) is 12.1 Å². The van der Waals surface area contributed by atoms with Crippen LogP contribution in [0.15, 0.2) is 54.9 Å². The van der Waals surface area contributed by atoms with Gasteiger partial charge in [0.25, 0.3) is 0 Å². The van der Waals surface area contributed by atoms with Crippen molar-refractivity contribution in [3.05, 3.63) is 60.7 Å². The van der Waals surface area contributed by atoms with E-state index < -0.39 is 0 Å². The van der Waals surface area contributed by atoms with Crippen molar-refractivity contribution in [1.82, 2.24) is 14.0 Å². The number of aromatic nitrogens is 3. The summed E-state index contributed by atoms with van der Waals surface area (Å²) in [7, 11) is 1.95. The summed E-state index contributed by atoms with van der Waals surface area (Å²) in [4.78, 5) is 4.73. The van der Waals surface area contributed by atoms with E-state index in [0.29, 0.717) is 0 Å². The molecule has 1 aliphatic rings. The molecule has 124 valence electrons. The standard InChI is InChI=1S/C19H14FN3O2/c1-22-16(12-2-5-14(20)6-3-12)10-23-9-15(21-19(22)23)13-4-7-17-18(8-13)25-11-24-17/h2-10H,11H2,1H3. The van der Waals surface area contributed by atoms with Crippen LogP contribution in [-0.2, 0) is 7.05 Å². The van der Waals surface area contributed by atoms with Crippen LogP contribution >= 0.6 is 0 Å². The highest BCUT2D eigenvalue weighted by Gasteiger charge is 2.17. The molecule has 25 heavy (non-hydrogen) atoms. The third kappa shape index (κ3) is 2.18. The molecule has 0 amide bonds. The second-order valence-electron chi connectivity index (χ2n) is 5.98. The Hall–Kier alpha value is -3.28. The molecule has 0 aliphatic carbocycles. The van der Waals surface area contributed by atoms with Crippen LogP contribution in [0.5, 0.6) is 11.5 Å². The van der Waals surface area contributed by atoms with Crippen LogP contribution in [0.2, 0.25) is 0 Å². The summed E-state index contributed by atoms with van der Waals surface area (Å²) in [6.07, 6.45) is 3.96. The van der Waals surface area contributed by atoms with Crippen LogP contribution < -0.4 is 9.47 Å². The number of aryl methyl sites for hydroxylation is 1. The molecule has 3 heterocycles. The number of rotatable bonds is 2. The first kappa shape index (κ1) is 14.1. The van der Waals surface area contributed by atoms with Crippen LogP contribution in [0.25, 0.3) is 28.3 Å². The maximum atomic E-state index is 13.1. The Bertz CT molecular complexity index is 1100. The predicted octanol–water partition coefficient (Wildman–Crippen LogP) is 3.87. The first-order valence-corrected chi connectivity index (χ1v) is 7.89. The lowest BCUT2D eigenvalue weighted by molar-refractivity contribution is 0.174. The molecular formula is C19H14FN3O2. The van der Waals surface area contributed by atoms with Crippen LogP contribution in [-0.4, -0.2) is 20.7 Å². The van der Waals surface area contributed by atoms with Gasteiger partial charge in [-0.1, -0.05) is 0 Å². The van der Waals surface area contributed by atoms with E-state index >= 15 is 0 Å². The molecule has 0 bridgehead atoms. The number of nitrogens with zero attached hydrogens (tertiary/aromatic N) is 3. The molecule has 6 heteroatoms. The lowest BCUT2D eigenvalue weighted by Crippen LogP contribution is -1.93. The van der Waals surface area contributed by atoms with Crippen LogP contribution in [0, 0.1) is 5.82 Å². The molecule has 1 aliphatic heterocycles. The molecule has 0 saturated carbocycles. The zero-order valence-electron chi connectivity index (χ0n) is 13.4.